The normalized spacial score (nSPS) is 15.8. The smallest absolute Gasteiger partial charge is 0.266 e. The average molecular weight is 404 g/mol. The van der Waals surface area contributed by atoms with Crippen LogP contribution in [-0.4, -0.2) is 21.7 Å². The second-order valence-electron chi connectivity index (χ2n) is 5.75. The largest absolute Gasteiger partial charge is 0.488 e. The van der Waals surface area contributed by atoms with E-state index in [0.29, 0.717) is 33.1 Å². The van der Waals surface area contributed by atoms with Gasteiger partial charge in [-0.1, -0.05) is 78.9 Å². The zero-order chi connectivity index (χ0) is 18.5. The molecule has 0 N–H and O–H groups in total. The van der Waals surface area contributed by atoms with Crippen LogP contribution in [0.2, 0.25) is 5.02 Å². The van der Waals surface area contributed by atoms with Gasteiger partial charge in [-0.05, 0) is 24.6 Å². The van der Waals surface area contributed by atoms with E-state index in [-0.39, 0.29) is 5.91 Å². The minimum Gasteiger partial charge on any atom is -0.488 e. The van der Waals surface area contributed by atoms with Gasteiger partial charge in [0, 0.05) is 22.7 Å². The van der Waals surface area contributed by atoms with Crippen LogP contribution in [0.4, 0.5) is 0 Å². The fourth-order valence-electron chi connectivity index (χ4n) is 2.56. The highest BCUT2D eigenvalue weighted by molar-refractivity contribution is 8.26. The maximum atomic E-state index is 12.5. The lowest BCUT2D eigenvalue weighted by Crippen LogP contribution is -2.28. The summed E-state index contributed by atoms with van der Waals surface area (Å²) in [5.74, 6) is 0.663. The molecule has 3 nitrogen and oxygen atoms in total. The Balaban J connectivity index is 1.80. The van der Waals surface area contributed by atoms with Gasteiger partial charge in [-0.3, -0.25) is 9.69 Å². The first-order valence-corrected chi connectivity index (χ1v) is 9.91. The molecule has 0 spiro atoms. The third-order valence-corrected chi connectivity index (χ3v) is 5.61. The van der Waals surface area contributed by atoms with Crippen LogP contribution in [0.3, 0.4) is 0 Å². The van der Waals surface area contributed by atoms with Gasteiger partial charge in [-0.25, -0.2) is 0 Å². The Morgan fingerprint density at radius 2 is 1.92 bits per heavy atom. The molecule has 0 radical (unpaired) electrons. The molecule has 3 rings (SSSR count). The van der Waals surface area contributed by atoms with E-state index in [0.717, 1.165) is 17.5 Å². The summed E-state index contributed by atoms with van der Waals surface area (Å²) >= 11 is 12.8. The highest BCUT2D eigenvalue weighted by atomic mass is 35.5. The minimum atomic E-state index is -0.0391. The van der Waals surface area contributed by atoms with Gasteiger partial charge >= 0.3 is 0 Å². The number of thioether (sulfide) groups is 1. The monoisotopic (exact) mass is 403 g/mol. The summed E-state index contributed by atoms with van der Waals surface area (Å²) in [5.41, 5.74) is 1.76. The molecule has 0 atom stereocenters. The molecule has 1 saturated heterocycles. The van der Waals surface area contributed by atoms with Crippen molar-refractivity contribution in [3.63, 3.8) is 0 Å². The lowest BCUT2D eigenvalue weighted by molar-refractivity contribution is -0.122. The predicted molar refractivity (Wildman–Crippen MR) is 112 cm³/mol. The molecule has 1 fully saturated rings. The number of benzene rings is 2. The lowest BCUT2D eigenvalue weighted by atomic mass is 10.1. The molecule has 1 aliphatic rings. The van der Waals surface area contributed by atoms with Crippen molar-refractivity contribution in [2.45, 2.75) is 20.0 Å². The van der Waals surface area contributed by atoms with E-state index in [4.69, 9.17) is 28.6 Å². The summed E-state index contributed by atoms with van der Waals surface area (Å²) in [4.78, 5) is 14.8. The fourth-order valence-corrected chi connectivity index (χ4v) is 4.05. The Labute approximate surface area is 168 Å². The second-order valence-corrected chi connectivity index (χ2v) is 7.83. The van der Waals surface area contributed by atoms with E-state index in [1.165, 1.54) is 11.8 Å². The molecule has 2 aromatic carbocycles. The number of carbonyl (C=O) groups is 1. The number of amides is 1. The Hall–Kier alpha value is -1.82. The number of carbonyl (C=O) groups excluding carboxylic acids is 1. The van der Waals surface area contributed by atoms with Gasteiger partial charge < -0.3 is 4.74 Å². The first-order chi connectivity index (χ1) is 12.6. The van der Waals surface area contributed by atoms with Crippen LogP contribution >= 0.6 is 35.6 Å². The van der Waals surface area contributed by atoms with Gasteiger partial charge in [-0.2, -0.15) is 0 Å². The molecule has 2 aromatic rings. The van der Waals surface area contributed by atoms with Crippen molar-refractivity contribution in [3.05, 3.63) is 69.6 Å². The van der Waals surface area contributed by atoms with Crippen LogP contribution in [0, 0.1) is 0 Å². The number of hydrogen-bond acceptors (Lipinski definition) is 4. The van der Waals surface area contributed by atoms with Gasteiger partial charge in [0.1, 0.15) is 16.7 Å². The fraction of sp³-hybridized carbons (Fsp3) is 0.200. The van der Waals surface area contributed by atoms with Crippen LogP contribution < -0.4 is 4.74 Å². The number of thiocarbonyl (C=S) groups is 1. The highest BCUT2D eigenvalue weighted by Crippen LogP contribution is 2.34. The van der Waals surface area contributed by atoms with E-state index >= 15 is 0 Å². The molecule has 134 valence electrons. The standard InChI is InChI=1S/C20H18ClNO2S2/c1-2-11-22-19(23)18(26-20(22)25)12-14-7-4-6-10-17(14)24-13-15-8-3-5-9-16(15)21/h3-10,12H,2,11,13H2,1H3/b18-12-. The maximum absolute atomic E-state index is 12.5. The summed E-state index contributed by atoms with van der Waals surface area (Å²) in [5, 5.41) is 0.672. The third kappa shape index (κ3) is 4.29. The van der Waals surface area contributed by atoms with Crippen molar-refractivity contribution in [1.29, 1.82) is 0 Å². The summed E-state index contributed by atoms with van der Waals surface area (Å²) in [6, 6.07) is 15.2. The highest BCUT2D eigenvalue weighted by Gasteiger charge is 2.31. The Bertz CT molecular complexity index is 866. The zero-order valence-electron chi connectivity index (χ0n) is 14.3. The summed E-state index contributed by atoms with van der Waals surface area (Å²) in [6.07, 6.45) is 2.72. The number of hydrogen-bond donors (Lipinski definition) is 0. The molecule has 0 saturated carbocycles. The second kappa shape index (κ2) is 8.71. The van der Waals surface area contributed by atoms with Gasteiger partial charge in [0.05, 0.1) is 4.91 Å². The molecule has 0 aliphatic carbocycles. The van der Waals surface area contributed by atoms with Crippen LogP contribution in [-0.2, 0) is 11.4 Å². The van der Waals surface area contributed by atoms with Gasteiger partial charge in [0.15, 0.2) is 0 Å². The average Bonchev–Trinajstić information content (AvgIpc) is 2.90. The van der Waals surface area contributed by atoms with Crippen molar-refractivity contribution < 1.29 is 9.53 Å². The topological polar surface area (TPSA) is 29.5 Å². The van der Waals surface area contributed by atoms with Gasteiger partial charge in [0.25, 0.3) is 5.91 Å². The van der Waals surface area contributed by atoms with Crippen molar-refractivity contribution in [3.8, 4) is 5.75 Å². The van der Waals surface area contributed by atoms with E-state index < -0.39 is 0 Å². The first-order valence-electron chi connectivity index (χ1n) is 8.30. The van der Waals surface area contributed by atoms with Gasteiger partial charge in [0.2, 0.25) is 0 Å². The number of ether oxygens (including phenoxy) is 1. The van der Waals surface area contributed by atoms with E-state index in [9.17, 15) is 4.79 Å². The first kappa shape index (κ1) is 19.0. The van der Waals surface area contributed by atoms with E-state index in [1.54, 1.807) is 4.90 Å². The molecule has 0 aromatic heterocycles. The van der Waals surface area contributed by atoms with Crippen molar-refractivity contribution in [2.75, 3.05) is 6.54 Å². The number of rotatable bonds is 6. The minimum absolute atomic E-state index is 0.0391. The summed E-state index contributed by atoms with van der Waals surface area (Å²) in [7, 11) is 0. The molecular weight excluding hydrogens is 386 g/mol. The van der Waals surface area contributed by atoms with Crippen LogP contribution in [0.25, 0.3) is 6.08 Å². The van der Waals surface area contributed by atoms with Crippen molar-refractivity contribution in [1.82, 2.24) is 4.90 Å². The van der Waals surface area contributed by atoms with Crippen LogP contribution in [0.15, 0.2) is 53.4 Å². The molecule has 0 bridgehead atoms. The summed E-state index contributed by atoms with van der Waals surface area (Å²) < 4.78 is 6.56. The van der Waals surface area contributed by atoms with Crippen LogP contribution in [0.1, 0.15) is 24.5 Å². The lowest BCUT2D eigenvalue weighted by Gasteiger charge is -2.12. The van der Waals surface area contributed by atoms with Crippen molar-refractivity contribution in [2.24, 2.45) is 0 Å². The molecule has 1 heterocycles. The van der Waals surface area contributed by atoms with E-state index in [1.807, 2.05) is 61.5 Å². The number of para-hydroxylation sites is 1. The number of nitrogens with zero attached hydrogens (tertiary/aromatic N) is 1. The van der Waals surface area contributed by atoms with Gasteiger partial charge in [-0.15, -0.1) is 0 Å². The molecule has 26 heavy (non-hydrogen) atoms. The van der Waals surface area contributed by atoms with Crippen molar-refractivity contribution >= 4 is 51.9 Å². The molecule has 1 amide bonds. The van der Waals surface area contributed by atoms with E-state index in [2.05, 4.69) is 0 Å². The SMILES string of the molecule is CCCN1C(=O)/C(=C/c2ccccc2OCc2ccccc2Cl)SC1=S. The molecule has 6 heteroatoms. The zero-order valence-corrected chi connectivity index (χ0v) is 16.7. The maximum Gasteiger partial charge on any atom is 0.266 e. The molecule has 1 aliphatic heterocycles. The quantitative estimate of drug-likeness (QED) is 0.468. The van der Waals surface area contributed by atoms with Crippen LogP contribution in [0.5, 0.6) is 5.75 Å². The third-order valence-electron chi connectivity index (χ3n) is 3.87. The molecule has 0 unspecified atom stereocenters. The number of halogens is 1. The summed E-state index contributed by atoms with van der Waals surface area (Å²) in [6.45, 7) is 3.04. The molecular formula is C20H18ClNO2S2. The predicted octanol–water partition coefficient (Wildman–Crippen LogP) is 5.53. The Kier molecular flexibility index (Phi) is 6.35. The Morgan fingerprint density at radius 1 is 1.19 bits per heavy atom. The Morgan fingerprint density at radius 3 is 2.69 bits per heavy atom.